The van der Waals surface area contributed by atoms with Gasteiger partial charge in [-0.05, 0) is 52.0 Å². The Hall–Kier alpha value is -2.39. The highest BCUT2D eigenvalue weighted by Crippen LogP contribution is 2.30. The molecule has 0 heterocycles. The van der Waals surface area contributed by atoms with E-state index in [2.05, 4.69) is 21.2 Å². The molecule has 0 aromatic heterocycles. The predicted octanol–water partition coefficient (Wildman–Crippen LogP) is 4.38. The van der Waals surface area contributed by atoms with Crippen LogP contribution < -0.4 is 5.32 Å². The van der Waals surface area contributed by atoms with E-state index in [9.17, 15) is 19.7 Å². The van der Waals surface area contributed by atoms with E-state index in [0.29, 0.717) is 15.1 Å². The van der Waals surface area contributed by atoms with Crippen molar-refractivity contribution in [3.8, 4) is 0 Å². The third kappa shape index (κ3) is 4.80. The molecule has 0 saturated heterocycles. The van der Waals surface area contributed by atoms with E-state index in [1.54, 1.807) is 38.4 Å². The zero-order chi connectivity index (χ0) is 18.6. The van der Waals surface area contributed by atoms with Crippen molar-refractivity contribution in [2.24, 2.45) is 0 Å². The number of nitro benzene ring substituents is 1. The van der Waals surface area contributed by atoms with Crippen LogP contribution in [0.4, 0.5) is 16.2 Å². The largest absolute Gasteiger partial charge is 0.339 e. The highest BCUT2D eigenvalue weighted by molar-refractivity contribution is 9.10. The fourth-order valence-corrected chi connectivity index (χ4v) is 2.97. The molecule has 0 fully saturated rings. The number of hydrogen-bond acceptors (Lipinski definition) is 5. The van der Waals surface area contributed by atoms with Crippen molar-refractivity contribution < 1.29 is 14.5 Å². The number of hydrogen-bond donors (Lipinski definition) is 1. The maximum Gasteiger partial charge on any atom is 0.286 e. The van der Waals surface area contributed by atoms with Crippen molar-refractivity contribution in [2.75, 3.05) is 19.4 Å². The summed E-state index contributed by atoms with van der Waals surface area (Å²) in [5.74, 6) is -0.499. The van der Waals surface area contributed by atoms with Gasteiger partial charge in [-0.2, -0.15) is 0 Å². The minimum absolute atomic E-state index is 0.147. The first-order valence-electron chi connectivity index (χ1n) is 7.03. The molecule has 1 N–H and O–H groups in total. The summed E-state index contributed by atoms with van der Waals surface area (Å²) in [4.78, 5) is 36.7. The molecule has 0 aliphatic carbocycles. The number of benzene rings is 2. The quantitative estimate of drug-likeness (QED) is 0.447. The summed E-state index contributed by atoms with van der Waals surface area (Å²) in [5.41, 5.74) is 0.407. The van der Waals surface area contributed by atoms with Crippen LogP contribution in [0.15, 0.2) is 51.8 Å². The molecule has 0 radical (unpaired) electrons. The van der Waals surface area contributed by atoms with Gasteiger partial charge in [0, 0.05) is 30.6 Å². The van der Waals surface area contributed by atoms with E-state index in [1.165, 1.54) is 23.1 Å². The topological polar surface area (TPSA) is 92.6 Å². The van der Waals surface area contributed by atoms with Gasteiger partial charge in [-0.3, -0.25) is 19.7 Å². The maximum atomic E-state index is 12.4. The highest BCUT2D eigenvalue weighted by atomic mass is 79.9. The van der Waals surface area contributed by atoms with Gasteiger partial charge in [-0.15, -0.1) is 0 Å². The smallest absolute Gasteiger partial charge is 0.286 e. The van der Waals surface area contributed by atoms with Crippen LogP contribution >= 0.6 is 27.7 Å². The second-order valence-electron chi connectivity index (χ2n) is 5.14. The van der Waals surface area contributed by atoms with Crippen LogP contribution in [0.25, 0.3) is 0 Å². The van der Waals surface area contributed by atoms with Crippen molar-refractivity contribution in [1.82, 2.24) is 4.90 Å². The van der Waals surface area contributed by atoms with Crippen molar-refractivity contribution in [2.45, 2.75) is 4.90 Å². The van der Waals surface area contributed by atoms with Gasteiger partial charge in [-0.25, -0.2) is 0 Å². The fourth-order valence-electron chi connectivity index (χ4n) is 1.83. The van der Waals surface area contributed by atoms with Gasteiger partial charge >= 0.3 is 0 Å². The molecule has 7 nitrogen and oxygen atoms in total. The summed E-state index contributed by atoms with van der Waals surface area (Å²) in [6.07, 6.45) is 0. The Morgan fingerprint density at radius 3 is 2.52 bits per heavy atom. The number of halogens is 1. The molecule has 0 spiro atoms. The second kappa shape index (κ2) is 8.13. The Kier molecular flexibility index (Phi) is 6.16. The second-order valence-corrected chi connectivity index (χ2v) is 6.98. The van der Waals surface area contributed by atoms with Crippen LogP contribution in [-0.2, 0) is 0 Å². The average molecular weight is 424 g/mol. The number of thioether (sulfide) groups is 1. The Morgan fingerprint density at radius 1 is 1.20 bits per heavy atom. The lowest BCUT2D eigenvalue weighted by molar-refractivity contribution is -0.385. The molecule has 2 rings (SSSR count). The van der Waals surface area contributed by atoms with Crippen molar-refractivity contribution in [3.63, 3.8) is 0 Å². The van der Waals surface area contributed by atoms with Crippen LogP contribution in [0.2, 0.25) is 0 Å². The number of nitrogens with one attached hydrogen (secondary N) is 1. The number of anilines is 1. The van der Waals surface area contributed by atoms with Crippen molar-refractivity contribution >= 4 is 50.2 Å². The molecule has 25 heavy (non-hydrogen) atoms. The van der Waals surface area contributed by atoms with E-state index in [1.807, 2.05) is 0 Å². The molecule has 2 aromatic carbocycles. The van der Waals surface area contributed by atoms with E-state index in [4.69, 9.17) is 0 Å². The van der Waals surface area contributed by atoms with E-state index >= 15 is 0 Å². The first kappa shape index (κ1) is 18.9. The number of carbonyl (C=O) groups excluding carboxylic acids is 2. The van der Waals surface area contributed by atoms with Crippen LogP contribution in [0.5, 0.6) is 0 Å². The summed E-state index contributed by atoms with van der Waals surface area (Å²) < 4.78 is 0.293. The van der Waals surface area contributed by atoms with Gasteiger partial charge in [0.05, 0.1) is 15.1 Å². The molecule has 0 aliphatic rings. The lowest BCUT2D eigenvalue weighted by Crippen LogP contribution is -2.17. The minimum Gasteiger partial charge on any atom is -0.339 e. The molecule has 9 heteroatoms. The molecule has 130 valence electrons. The summed E-state index contributed by atoms with van der Waals surface area (Å²) in [6.45, 7) is 0. The number of para-hydroxylation sites is 1. The zero-order valence-corrected chi connectivity index (χ0v) is 15.8. The molecule has 0 unspecified atom stereocenters. The number of amides is 2. The summed E-state index contributed by atoms with van der Waals surface area (Å²) in [5, 5.41) is 13.5. The molecule has 2 aromatic rings. The molecule has 0 bridgehead atoms. The van der Waals surface area contributed by atoms with Crippen LogP contribution in [0, 0.1) is 10.1 Å². The highest BCUT2D eigenvalue weighted by Gasteiger charge is 2.17. The Labute approximate surface area is 156 Å². The predicted molar refractivity (Wildman–Crippen MR) is 100 cm³/mol. The molecule has 0 atom stereocenters. The fraction of sp³-hybridized carbons (Fsp3) is 0.125. The van der Waals surface area contributed by atoms with Crippen molar-refractivity contribution in [3.05, 3.63) is 62.6 Å². The first-order valence-corrected chi connectivity index (χ1v) is 8.64. The summed E-state index contributed by atoms with van der Waals surface area (Å²) in [6, 6.07) is 11.0. The molecule has 0 saturated carbocycles. The summed E-state index contributed by atoms with van der Waals surface area (Å²) in [7, 11) is 3.27. The van der Waals surface area contributed by atoms with Crippen molar-refractivity contribution in [1.29, 1.82) is 0 Å². The zero-order valence-electron chi connectivity index (χ0n) is 13.4. The van der Waals surface area contributed by atoms with Gasteiger partial charge in [0.15, 0.2) is 0 Å². The summed E-state index contributed by atoms with van der Waals surface area (Å²) >= 11 is 4.06. The SMILES string of the molecule is CN(C)C(=O)Sc1ccccc1NC(=O)c1ccc(Br)c([N+](=O)[O-])c1. The molecule has 0 aliphatic heterocycles. The Balaban J connectivity index is 2.25. The number of nitrogens with zero attached hydrogens (tertiary/aromatic N) is 2. The number of carbonyl (C=O) groups is 2. The monoisotopic (exact) mass is 423 g/mol. The number of nitro groups is 1. The molecular weight excluding hydrogens is 410 g/mol. The first-order chi connectivity index (χ1) is 11.8. The lowest BCUT2D eigenvalue weighted by Gasteiger charge is -2.13. The van der Waals surface area contributed by atoms with Crippen LogP contribution in [0.1, 0.15) is 10.4 Å². The van der Waals surface area contributed by atoms with E-state index < -0.39 is 10.8 Å². The average Bonchev–Trinajstić information content (AvgIpc) is 2.56. The van der Waals surface area contributed by atoms with Gasteiger partial charge in [-0.1, -0.05) is 12.1 Å². The lowest BCUT2D eigenvalue weighted by atomic mass is 10.2. The maximum absolute atomic E-state index is 12.4. The standard InChI is InChI=1S/C16H14BrN3O4S/c1-19(2)16(22)25-14-6-4-3-5-12(14)18-15(21)10-7-8-11(17)13(9-10)20(23)24/h3-9H,1-2H3,(H,18,21). The Morgan fingerprint density at radius 2 is 1.88 bits per heavy atom. The Bertz CT molecular complexity index is 842. The van der Waals surface area contributed by atoms with Gasteiger partial charge < -0.3 is 10.2 Å². The normalized spacial score (nSPS) is 10.2. The van der Waals surface area contributed by atoms with Crippen LogP contribution in [0.3, 0.4) is 0 Å². The van der Waals surface area contributed by atoms with Crippen LogP contribution in [-0.4, -0.2) is 35.1 Å². The number of rotatable bonds is 4. The minimum atomic E-state index is -0.569. The van der Waals surface area contributed by atoms with Gasteiger partial charge in [0.2, 0.25) is 0 Å². The van der Waals surface area contributed by atoms with Gasteiger partial charge in [0.1, 0.15) is 0 Å². The molecular formula is C16H14BrN3O4S. The third-order valence-electron chi connectivity index (χ3n) is 3.10. The van der Waals surface area contributed by atoms with E-state index in [0.717, 1.165) is 11.8 Å². The molecule has 2 amide bonds. The van der Waals surface area contributed by atoms with Gasteiger partial charge in [0.25, 0.3) is 16.8 Å². The third-order valence-corrected chi connectivity index (χ3v) is 4.89. The van der Waals surface area contributed by atoms with E-state index in [-0.39, 0.29) is 16.5 Å².